The summed E-state index contributed by atoms with van der Waals surface area (Å²) in [4.78, 5) is 4.06. The van der Waals surface area contributed by atoms with Crippen LogP contribution in [0.2, 0.25) is 0 Å². The fourth-order valence-corrected chi connectivity index (χ4v) is 1.94. The van der Waals surface area contributed by atoms with E-state index in [9.17, 15) is 0 Å². The second-order valence-corrected chi connectivity index (χ2v) is 4.64. The Balaban J connectivity index is 1.96. The molecule has 0 atom stereocenters. The minimum absolute atomic E-state index is 0.516. The van der Waals surface area contributed by atoms with Gasteiger partial charge in [-0.05, 0) is 36.0 Å². The molecular formula is C15H17N3O2S. The van der Waals surface area contributed by atoms with E-state index in [4.69, 9.17) is 21.7 Å². The first-order valence-corrected chi connectivity index (χ1v) is 6.79. The molecule has 2 N–H and O–H groups in total. The monoisotopic (exact) mass is 303 g/mol. The van der Waals surface area contributed by atoms with E-state index in [1.54, 1.807) is 32.7 Å². The fourth-order valence-electron chi connectivity index (χ4n) is 1.75. The molecule has 0 aliphatic carbocycles. The zero-order valence-corrected chi connectivity index (χ0v) is 12.7. The second-order valence-electron chi connectivity index (χ2n) is 4.24. The molecular weight excluding hydrogens is 286 g/mol. The Morgan fingerprint density at radius 1 is 1.24 bits per heavy atom. The van der Waals surface area contributed by atoms with Crippen molar-refractivity contribution in [3.8, 4) is 11.5 Å². The lowest BCUT2D eigenvalue weighted by Crippen LogP contribution is -2.28. The molecule has 0 amide bonds. The highest BCUT2D eigenvalue weighted by Crippen LogP contribution is 2.28. The van der Waals surface area contributed by atoms with Crippen LogP contribution < -0.4 is 20.1 Å². The lowest BCUT2D eigenvalue weighted by molar-refractivity contribution is 0.395. The fraction of sp³-hybridized carbons (Fsp3) is 0.200. The van der Waals surface area contributed by atoms with Gasteiger partial charge in [0.15, 0.2) is 5.11 Å². The molecule has 0 unspecified atom stereocenters. The van der Waals surface area contributed by atoms with Crippen LogP contribution >= 0.6 is 12.2 Å². The smallest absolute Gasteiger partial charge is 0.171 e. The van der Waals surface area contributed by atoms with E-state index in [1.165, 1.54) is 0 Å². The van der Waals surface area contributed by atoms with Crippen LogP contribution in [0.4, 0.5) is 5.69 Å². The van der Waals surface area contributed by atoms with Crippen LogP contribution in [0.1, 0.15) is 5.56 Å². The summed E-state index contributed by atoms with van der Waals surface area (Å²) in [5.74, 6) is 1.39. The molecule has 0 fully saturated rings. The molecule has 1 aromatic carbocycles. The number of thiocarbonyl (C=S) groups is 1. The number of hydrogen-bond acceptors (Lipinski definition) is 4. The number of pyridine rings is 1. The maximum Gasteiger partial charge on any atom is 0.171 e. The Labute approximate surface area is 129 Å². The van der Waals surface area contributed by atoms with Crippen LogP contribution in [-0.4, -0.2) is 24.3 Å². The zero-order chi connectivity index (χ0) is 15.1. The molecule has 1 heterocycles. The average Bonchev–Trinajstić information content (AvgIpc) is 2.54. The molecule has 0 saturated heterocycles. The van der Waals surface area contributed by atoms with Gasteiger partial charge in [-0.3, -0.25) is 4.98 Å². The lowest BCUT2D eigenvalue weighted by atomic mass is 10.2. The number of nitrogens with zero attached hydrogens (tertiary/aromatic N) is 1. The van der Waals surface area contributed by atoms with Crippen molar-refractivity contribution >= 4 is 23.0 Å². The van der Waals surface area contributed by atoms with E-state index in [2.05, 4.69) is 15.6 Å². The van der Waals surface area contributed by atoms with Gasteiger partial charge in [0.2, 0.25) is 0 Å². The Bertz CT molecular complexity index is 605. The minimum atomic E-state index is 0.516. The van der Waals surface area contributed by atoms with Crippen molar-refractivity contribution in [3.63, 3.8) is 0 Å². The van der Waals surface area contributed by atoms with Crippen molar-refractivity contribution in [2.24, 2.45) is 0 Å². The van der Waals surface area contributed by atoms with E-state index in [0.29, 0.717) is 17.4 Å². The van der Waals surface area contributed by atoms with Gasteiger partial charge >= 0.3 is 0 Å². The summed E-state index contributed by atoms with van der Waals surface area (Å²) >= 11 is 5.27. The van der Waals surface area contributed by atoms with Crippen molar-refractivity contribution in [2.75, 3.05) is 19.5 Å². The number of rotatable bonds is 5. The first kappa shape index (κ1) is 15.1. The Morgan fingerprint density at radius 3 is 2.76 bits per heavy atom. The van der Waals surface area contributed by atoms with Crippen LogP contribution in [0.15, 0.2) is 42.7 Å². The highest BCUT2D eigenvalue weighted by molar-refractivity contribution is 7.80. The predicted molar refractivity (Wildman–Crippen MR) is 86.8 cm³/mol. The Morgan fingerprint density at radius 2 is 2.10 bits per heavy atom. The van der Waals surface area contributed by atoms with E-state index >= 15 is 0 Å². The van der Waals surface area contributed by atoms with Crippen molar-refractivity contribution in [2.45, 2.75) is 6.54 Å². The Kier molecular flexibility index (Phi) is 5.34. The summed E-state index contributed by atoms with van der Waals surface area (Å²) in [7, 11) is 3.22. The lowest BCUT2D eigenvalue weighted by Gasteiger charge is -2.14. The quantitative estimate of drug-likeness (QED) is 0.828. The van der Waals surface area contributed by atoms with Crippen LogP contribution in [0.25, 0.3) is 0 Å². The van der Waals surface area contributed by atoms with Crippen molar-refractivity contribution in [1.82, 2.24) is 10.3 Å². The molecule has 6 heteroatoms. The summed E-state index contributed by atoms with van der Waals surface area (Å²) < 4.78 is 10.5. The normalized spacial score (nSPS) is 9.81. The van der Waals surface area contributed by atoms with Gasteiger partial charge < -0.3 is 20.1 Å². The number of aromatic nitrogens is 1. The van der Waals surface area contributed by atoms with Gasteiger partial charge in [0.1, 0.15) is 11.5 Å². The third kappa shape index (κ3) is 4.32. The van der Waals surface area contributed by atoms with Gasteiger partial charge in [-0.15, -0.1) is 0 Å². The third-order valence-electron chi connectivity index (χ3n) is 2.83. The number of methoxy groups -OCH3 is 2. The molecule has 0 aliphatic heterocycles. The van der Waals surface area contributed by atoms with Gasteiger partial charge in [0.25, 0.3) is 0 Å². The molecule has 5 nitrogen and oxygen atoms in total. The summed E-state index contributed by atoms with van der Waals surface area (Å²) in [5.41, 5.74) is 1.84. The summed E-state index contributed by atoms with van der Waals surface area (Å²) in [6.07, 6.45) is 3.53. The Hall–Kier alpha value is -2.34. The highest BCUT2D eigenvalue weighted by atomic mass is 32.1. The van der Waals surface area contributed by atoms with Crippen molar-refractivity contribution < 1.29 is 9.47 Å². The molecule has 0 radical (unpaired) electrons. The summed E-state index contributed by atoms with van der Waals surface area (Å²) in [6, 6.07) is 9.37. The molecule has 1 aromatic heterocycles. The highest BCUT2D eigenvalue weighted by Gasteiger charge is 2.06. The third-order valence-corrected chi connectivity index (χ3v) is 3.08. The minimum Gasteiger partial charge on any atom is -0.497 e. The zero-order valence-electron chi connectivity index (χ0n) is 11.9. The number of anilines is 1. The molecule has 0 spiro atoms. The van der Waals surface area contributed by atoms with Gasteiger partial charge in [-0.1, -0.05) is 6.07 Å². The first-order chi connectivity index (χ1) is 10.2. The average molecular weight is 303 g/mol. The van der Waals surface area contributed by atoms with Gasteiger partial charge in [0, 0.05) is 25.0 Å². The van der Waals surface area contributed by atoms with Crippen LogP contribution in [0.3, 0.4) is 0 Å². The van der Waals surface area contributed by atoms with E-state index in [1.807, 2.05) is 24.3 Å². The van der Waals surface area contributed by atoms with Crippen molar-refractivity contribution in [1.29, 1.82) is 0 Å². The standard InChI is InChI=1S/C15H17N3O2S/c1-19-12-5-6-13(14(8-12)20-2)18-15(21)17-10-11-4-3-7-16-9-11/h3-9H,10H2,1-2H3,(H2,17,18,21). The number of ether oxygens (including phenoxy) is 2. The second kappa shape index (κ2) is 7.44. The van der Waals surface area contributed by atoms with Gasteiger partial charge in [-0.25, -0.2) is 0 Å². The number of nitrogens with one attached hydrogen (secondary N) is 2. The molecule has 0 bridgehead atoms. The maximum absolute atomic E-state index is 5.31. The van der Waals surface area contributed by atoms with E-state index < -0.39 is 0 Å². The first-order valence-electron chi connectivity index (χ1n) is 6.38. The predicted octanol–water partition coefficient (Wildman–Crippen LogP) is 2.59. The SMILES string of the molecule is COc1ccc(NC(=S)NCc2cccnc2)c(OC)c1. The van der Waals surface area contributed by atoms with Crippen LogP contribution in [0.5, 0.6) is 11.5 Å². The molecule has 110 valence electrons. The van der Waals surface area contributed by atoms with Gasteiger partial charge in [0.05, 0.1) is 19.9 Å². The van der Waals surface area contributed by atoms with Crippen molar-refractivity contribution in [3.05, 3.63) is 48.3 Å². The van der Waals surface area contributed by atoms with Crippen LogP contribution in [-0.2, 0) is 6.54 Å². The number of hydrogen-bond donors (Lipinski definition) is 2. The summed E-state index contributed by atoms with van der Waals surface area (Å²) in [6.45, 7) is 0.609. The molecule has 2 rings (SSSR count). The van der Waals surface area contributed by atoms with Crippen LogP contribution in [0, 0.1) is 0 Å². The molecule has 0 saturated carbocycles. The topological polar surface area (TPSA) is 55.4 Å². The summed E-state index contributed by atoms with van der Waals surface area (Å²) in [5, 5.41) is 6.74. The van der Waals surface area contributed by atoms with E-state index in [0.717, 1.165) is 17.0 Å². The van der Waals surface area contributed by atoms with Gasteiger partial charge in [-0.2, -0.15) is 0 Å². The molecule has 2 aromatic rings. The largest absolute Gasteiger partial charge is 0.497 e. The maximum atomic E-state index is 5.31. The van der Waals surface area contributed by atoms with E-state index in [-0.39, 0.29) is 0 Å². The molecule has 21 heavy (non-hydrogen) atoms. The molecule has 0 aliphatic rings. The number of benzene rings is 1.